The van der Waals surface area contributed by atoms with Crippen molar-refractivity contribution in [2.24, 2.45) is 0 Å². The van der Waals surface area contributed by atoms with Crippen LogP contribution in [0.1, 0.15) is 51.9 Å². The first-order chi connectivity index (χ1) is 8.20. The second-order valence-corrected chi connectivity index (χ2v) is 8.44. The zero-order chi connectivity index (χ0) is 12.1. The van der Waals surface area contributed by atoms with Gasteiger partial charge in [0.2, 0.25) is 0 Å². The van der Waals surface area contributed by atoms with E-state index in [0.29, 0.717) is 4.08 Å². The molecular formula is C15H24S2. The summed E-state index contributed by atoms with van der Waals surface area (Å²) in [6.45, 7) is 6.14. The van der Waals surface area contributed by atoms with Gasteiger partial charge in [-0.05, 0) is 63.4 Å². The third-order valence-corrected chi connectivity index (χ3v) is 6.84. The van der Waals surface area contributed by atoms with E-state index < -0.39 is 0 Å². The fourth-order valence-electron chi connectivity index (χ4n) is 2.65. The van der Waals surface area contributed by atoms with Crippen molar-refractivity contribution in [3.63, 3.8) is 0 Å². The topological polar surface area (TPSA) is 0 Å². The van der Waals surface area contributed by atoms with E-state index in [0.717, 1.165) is 0 Å². The molecule has 2 aliphatic rings. The molecule has 1 saturated heterocycles. The molecule has 0 atom stereocenters. The van der Waals surface area contributed by atoms with E-state index in [4.69, 9.17) is 0 Å². The highest BCUT2D eigenvalue weighted by Gasteiger charge is 2.33. The fourth-order valence-corrected chi connectivity index (χ4v) is 6.01. The predicted octanol–water partition coefficient (Wildman–Crippen LogP) is 5.41. The van der Waals surface area contributed by atoms with Crippen molar-refractivity contribution in [3.8, 4) is 0 Å². The van der Waals surface area contributed by atoms with Gasteiger partial charge in [0.15, 0.2) is 0 Å². The summed E-state index contributed by atoms with van der Waals surface area (Å²) in [6, 6.07) is 0. The van der Waals surface area contributed by atoms with Gasteiger partial charge in [-0.25, -0.2) is 0 Å². The molecule has 0 nitrogen and oxygen atoms in total. The van der Waals surface area contributed by atoms with E-state index in [9.17, 15) is 0 Å². The Morgan fingerprint density at radius 1 is 1.35 bits per heavy atom. The van der Waals surface area contributed by atoms with Crippen LogP contribution in [0.2, 0.25) is 0 Å². The molecule has 0 saturated carbocycles. The summed E-state index contributed by atoms with van der Waals surface area (Å²) < 4.78 is 0.467. The normalized spacial score (nSPS) is 23.5. The molecular weight excluding hydrogens is 244 g/mol. The van der Waals surface area contributed by atoms with Crippen molar-refractivity contribution in [3.05, 3.63) is 23.8 Å². The maximum Gasteiger partial charge on any atom is 0.0794 e. The lowest BCUT2D eigenvalue weighted by Gasteiger charge is -2.37. The van der Waals surface area contributed by atoms with Gasteiger partial charge in [-0.15, -0.1) is 30.1 Å². The number of allylic oxidation sites excluding steroid dienone is 2. The highest BCUT2D eigenvalue weighted by atomic mass is 32.2. The average molecular weight is 268 g/mol. The van der Waals surface area contributed by atoms with Crippen molar-refractivity contribution in [1.82, 2.24) is 0 Å². The van der Waals surface area contributed by atoms with E-state index in [1.807, 2.05) is 0 Å². The third-order valence-electron chi connectivity index (χ3n) is 3.53. The molecule has 0 aromatic heterocycles. The molecule has 0 radical (unpaired) electrons. The molecule has 0 N–H and O–H groups in total. The third kappa shape index (κ3) is 4.10. The number of hydrogen-bond acceptors (Lipinski definition) is 2. The van der Waals surface area contributed by atoms with Crippen LogP contribution >= 0.6 is 23.5 Å². The summed E-state index contributed by atoms with van der Waals surface area (Å²) >= 11 is 4.40. The Morgan fingerprint density at radius 3 is 2.82 bits per heavy atom. The first-order valence-electron chi connectivity index (χ1n) is 6.83. The highest BCUT2D eigenvalue weighted by molar-refractivity contribution is 8.19. The summed E-state index contributed by atoms with van der Waals surface area (Å²) in [6.07, 6.45) is 12.0. The van der Waals surface area contributed by atoms with Crippen LogP contribution in [0.5, 0.6) is 0 Å². The van der Waals surface area contributed by atoms with Crippen molar-refractivity contribution < 1.29 is 0 Å². The Balaban J connectivity index is 1.90. The maximum atomic E-state index is 3.99. The molecule has 1 aliphatic carbocycles. The van der Waals surface area contributed by atoms with Crippen molar-refractivity contribution in [2.45, 2.75) is 55.9 Å². The number of rotatable bonds is 4. The molecule has 0 unspecified atom stereocenters. The lowest BCUT2D eigenvalue weighted by Crippen LogP contribution is -2.25. The van der Waals surface area contributed by atoms with Gasteiger partial charge in [-0.2, -0.15) is 0 Å². The Hall–Kier alpha value is 0.180. The summed E-state index contributed by atoms with van der Waals surface area (Å²) in [5.74, 6) is 2.73. The minimum absolute atomic E-state index is 0.467. The maximum absolute atomic E-state index is 3.99. The average Bonchev–Trinajstić information content (AvgIpc) is 2.29. The standard InChI is InChI=1S/C15H24S2/c1-13(2)6-3-7-14-8-4-9-15(12-14)16-10-5-11-17-15/h12H,1,3-11H2,2H3. The first kappa shape index (κ1) is 13.6. The molecule has 17 heavy (non-hydrogen) atoms. The summed E-state index contributed by atoms with van der Waals surface area (Å²) in [5.41, 5.74) is 3.05. The van der Waals surface area contributed by atoms with Crippen LogP contribution in [0, 0.1) is 0 Å². The van der Waals surface area contributed by atoms with Crippen LogP contribution in [-0.4, -0.2) is 15.6 Å². The van der Waals surface area contributed by atoms with Crippen molar-refractivity contribution in [1.29, 1.82) is 0 Å². The minimum atomic E-state index is 0.467. The van der Waals surface area contributed by atoms with Crippen LogP contribution in [0.3, 0.4) is 0 Å². The highest BCUT2D eigenvalue weighted by Crippen LogP contribution is 2.50. The molecule has 96 valence electrons. The van der Waals surface area contributed by atoms with Crippen LogP contribution in [-0.2, 0) is 0 Å². The largest absolute Gasteiger partial charge is 0.140 e. The van der Waals surface area contributed by atoms with E-state index in [1.54, 1.807) is 5.57 Å². The van der Waals surface area contributed by atoms with Gasteiger partial charge in [0.05, 0.1) is 4.08 Å². The van der Waals surface area contributed by atoms with E-state index in [2.05, 4.69) is 43.1 Å². The molecule has 0 aromatic carbocycles. The van der Waals surface area contributed by atoms with E-state index in [1.165, 1.54) is 62.0 Å². The molecule has 0 aromatic rings. The van der Waals surface area contributed by atoms with E-state index >= 15 is 0 Å². The van der Waals surface area contributed by atoms with Crippen LogP contribution in [0.15, 0.2) is 23.8 Å². The van der Waals surface area contributed by atoms with Gasteiger partial charge >= 0.3 is 0 Å². The molecule has 1 aliphatic heterocycles. The Bertz CT molecular complexity index is 298. The Kier molecular flexibility index (Phi) is 5.10. The molecule has 0 amide bonds. The lowest BCUT2D eigenvalue weighted by atomic mass is 9.94. The first-order valence-corrected chi connectivity index (χ1v) is 8.80. The Labute approximate surface area is 115 Å². The van der Waals surface area contributed by atoms with Gasteiger partial charge in [0.25, 0.3) is 0 Å². The number of hydrogen-bond donors (Lipinski definition) is 0. The van der Waals surface area contributed by atoms with E-state index in [-0.39, 0.29) is 0 Å². The summed E-state index contributed by atoms with van der Waals surface area (Å²) in [5, 5.41) is 0. The molecule has 1 heterocycles. The van der Waals surface area contributed by atoms with Crippen molar-refractivity contribution in [2.75, 3.05) is 11.5 Å². The van der Waals surface area contributed by atoms with Crippen LogP contribution < -0.4 is 0 Å². The van der Waals surface area contributed by atoms with Gasteiger partial charge in [-0.3, -0.25) is 0 Å². The van der Waals surface area contributed by atoms with Gasteiger partial charge in [0, 0.05) is 0 Å². The Morgan fingerprint density at radius 2 is 2.12 bits per heavy atom. The zero-order valence-corrected chi connectivity index (χ0v) is 12.6. The molecule has 0 bridgehead atoms. The monoisotopic (exact) mass is 268 g/mol. The molecule has 1 spiro atoms. The fraction of sp³-hybridized carbons (Fsp3) is 0.733. The van der Waals surface area contributed by atoms with Gasteiger partial charge < -0.3 is 0 Å². The van der Waals surface area contributed by atoms with Crippen molar-refractivity contribution >= 4 is 23.5 Å². The number of thioether (sulfide) groups is 2. The molecule has 2 rings (SSSR count). The zero-order valence-electron chi connectivity index (χ0n) is 11.0. The predicted molar refractivity (Wildman–Crippen MR) is 82.9 cm³/mol. The molecule has 1 fully saturated rings. The second kappa shape index (κ2) is 6.38. The summed E-state index contributed by atoms with van der Waals surface area (Å²) in [7, 11) is 0. The quantitative estimate of drug-likeness (QED) is 0.625. The van der Waals surface area contributed by atoms with Crippen LogP contribution in [0.4, 0.5) is 0 Å². The minimum Gasteiger partial charge on any atom is -0.140 e. The SMILES string of the molecule is C=C(C)CCCC1=CC2(CCC1)SCCCS2. The summed E-state index contributed by atoms with van der Waals surface area (Å²) in [4.78, 5) is 0. The van der Waals surface area contributed by atoms with Crippen LogP contribution in [0.25, 0.3) is 0 Å². The lowest BCUT2D eigenvalue weighted by molar-refractivity contribution is 0.646. The molecule has 2 heteroatoms. The second-order valence-electron chi connectivity index (χ2n) is 5.33. The van der Waals surface area contributed by atoms with Gasteiger partial charge in [0.1, 0.15) is 0 Å². The smallest absolute Gasteiger partial charge is 0.0794 e. The van der Waals surface area contributed by atoms with Gasteiger partial charge in [-0.1, -0.05) is 17.2 Å².